The molecule has 1 heterocycles. The Balaban J connectivity index is 2.84. The van der Waals surface area contributed by atoms with Gasteiger partial charge in [0, 0.05) is 0 Å². The second-order valence-electron chi connectivity index (χ2n) is 2.62. The first-order chi connectivity index (χ1) is 6.69. The van der Waals surface area contributed by atoms with Crippen LogP contribution in [0.5, 0.6) is 0 Å². The van der Waals surface area contributed by atoms with E-state index in [1.807, 2.05) is 6.07 Å². The second-order valence-corrected chi connectivity index (χ2v) is 3.50. The van der Waals surface area contributed by atoms with Gasteiger partial charge in [0.15, 0.2) is 0 Å². The van der Waals surface area contributed by atoms with Crippen molar-refractivity contribution in [1.29, 1.82) is 10.5 Å². The molecule has 0 bridgehead atoms. The van der Waals surface area contributed by atoms with Crippen LogP contribution in [0.1, 0.15) is 17.5 Å². The fourth-order valence-corrected chi connectivity index (χ4v) is 1.83. The van der Waals surface area contributed by atoms with Gasteiger partial charge in [0.2, 0.25) is 5.91 Å². The molecular weight excluding hydrogens is 198 g/mol. The third-order valence-corrected chi connectivity index (χ3v) is 2.59. The zero-order valence-electron chi connectivity index (χ0n) is 7.50. The molecule has 1 amide bonds. The Hall–Kier alpha value is -1.85. The molecule has 0 aliphatic rings. The highest BCUT2D eigenvalue weighted by Crippen LogP contribution is 2.26. The summed E-state index contributed by atoms with van der Waals surface area (Å²) in [6.07, 6.45) is -0.193. The van der Waals surface area contributed by atoms with Crippen molar-refractivity contribution in [1.82, 2.24) is 0 Å². The van der Waals surface area contributed by atoms with Gasteiger partial charge in [-0.3, -0.25) is 4.79 Å². The van der Waals surface area contributed by atoms with E-state index in [-0.39, 0.29) is 12.3 Å². The first-order valence-electron chi connectivity index (χ1n) is 3.84. The Bertz CT molecular complexity index is 436. The van der Waals surface area contributed by atoms with Gasteiger partial charge in [-0.1, -0.05) is 0 Å². The van der Waals surface area contributed by atoms with E-state index >= 15 is 0 Å². The van der Waals surface area contributed by atoms with Gasteiger partial charge in [0.25, 0.3) is 0 Å². The highest BCUT2D eigenvalue weighted by Gasteiger charge is 2.10. The van der Waals surface area contributed by atoms with E-state index in [0.29, 0.717) is 10.6 Å². The molecule has 1 rings (SSSR count). The summed E-state index contributed by atoms with van der Waals surface area (Å²) in [5.74, 6) is -0.383. The lowest BCUT2D eigenvalue weighted by atomic mass is 10.2. The summed E-state index contributed by atoms with van der Waals surface area (Å²) >= 11 is 1.29. The Kier molecular flexibility index (Phi) is 3.22. The largest absolute Gasteiger partial charge is 0.316 e. The summed E-state index contributed by atoms with van der Waals surface area (Å²) in [6, 6.07) is 3.75. The summed E-state index contributed by atoms with van der Waals surface area (Å²) in [4.78, 5) is 11.1. The normalized spacial score (nSPS) is 8.79. The fourth-order valence-electron chi connectivity index (χ4n) is 0.918. The average molecular weight is 205 g/mol. The van der Waals surface area contributed by atoms with E-state index < -0.39 is 0 Å². The van der Waals surface area contributed by atoms with Crippen molar-refractivity contribution in [3.63, 3.8) is 0 Å². The number of carbonyl (C=O) groups excluding carboxylic acids is 1. The Morgan fingerprint density at radius 1 is 1.64 bits per heavy atom. The summed E-state index contributed by atoms with van der Waals surface area (Å²) in [5.41, 5.74) is 1.31. The molecule has 70 valence electrons. The lowest BCUT2D eigenvalue weighted by Crippen LogP contribution is -2.09. The van der Waals surface area contributed by atoms with Gasteiger partial charge < -0.3 is 5.32 Å². The van der Waals surface area contributed by atoms with Gasteiger partial charge in [0.1, 0.15) is 17.5 Å². The van der Waals surface area contributed by atoms with Crippen LogP contribution >= 0.6 is 11.3 Å². The molecule has 1 aromatic heterocycles. The first-order valence-corrected chi connectivity index (χ1v) is 4.72. The lowest BCUT2D eigenvalue weighted by Gasteiger charge is -1.98. The van der Waals surface area contributed by atoms with Crippen LogP contribution in [-0.2, 0) is 4.79 Å². The molecule has 0 aliphatic heterocycles. The van der Waals surface area contributed by atoms with Gasteiger partial charge in [-0.2, -0.15) is 10.5 Å². The molecule has 0 spiro atoms. The zero-order chi connectivity index (χ0) is 10.6. The van der Waals surface area contributed by atoms with Gasteiger partial charge in [0.05, 0.1) is 11.6 Å². The molecule has 1 N–H and O–H groups in total. The highest BCUT2D eigenvalue weighted by molar-refractivity contribution is 7.14. The van der Waals surface area contributed by atoms with Crippen LogP contribution in [0.25, 0.3) is 0 Å². The number of aryl methyl sites for hydroxylation is 1. The maximum atomic E-state index is 11.1. The van der Waals surface area contributed by atoms with Crippen LogP contribution in [-0.4, -0.2) is 5.91 Å². The summed E-state index contributed by atoms with van der Waals surface area (Å²) in [7, 11) is 0. The van der Waals surface area contributed by atoms with Crippen LogP contribution in [0.15, 0.2) is 5.38 Å². The summed E-state index contributed by atoms with van der Waals surface area (Å²) in [5, 5.41) is 21.9. The quantitative estimate of drug-likeness (QED) is 0.799. The minimum absolute atomic E-state index is 0.193. The van der Waals surface area contributed by atoms with Gasteiger partial charge in [-0.15, -0.1) is 11.3 Å². The number of thiophene rings is 1. The van der Waals surface area contributed by atoms with Crippen molar-refractivity contribution >= 4 is 22.2 Å². The lowest BCUT2D eigenvalue weighted by molar-refractivity contribution is -0.115. The molecule has 0 atom stereocenters. The highest BCUT2D eigenvalue weighted by atomic mass is 32.1. The van der Waals surface area contributed by atoms with Crippen molar-refractivity contribution in [2.75, 3.05) is 5.32 Å². The van der Waals surface area contributed by atoms with Crippen LogP contribution < -0.4 is 5.32 Å². The molecule has 0 aliphatic carbocycles. The molecule has 0 radical (unpaired) electrons. The Labute approximate surface area is 85.4 Å². The van der Waals surface area contributed by atoms with E-state index in [9.17, 15) is 4.79 Å². The van der Waals surface area contributed by atoms with Crippen molar-refractivity contribution in [3.05, 3.63) is 16.5 Å². The molecule has 0 saturated carbocycles. The molecule has 0 aromatic carbocycles. The monoisotopic (exact) mass is 205 g/mol. The van der Waals surface area contributed by atoms with Crippen LogP contribution in [0.3, 0.4) is 0 Å². The SMILES string of the molecule is Cc1csc(NC(=O)CC#N)c1C#N. The van der Waals surface area contributed by atoms with Crippen molar-refractivity contribution in [3.8, 4) is 12.1 Å². The zero-order valence-corrected chi connectivity index (χ0v) is 8.31. The fraction of sp³-hybridized carbons (Fsp3) is 0.222. The van der Waals surface area contributed by atoms with E-state index in [4.69, 9.17) is 10.5 Å². The number of anilines is 1. The van der Waals surface area contributed by atoms with Crippen molar-refractivity contribution in [2.24, 2.45) is 0 Å². The Morgan fingerprint density at radius 3 is 2.93 bits per heavy atom. The number of nitrogens with zero attached hydrogens (tertiary/aromatic N) is 2. The summed E-state index contributed by atoms with van der Waals surface area (Å²) < 4.78 is 0. The number of hydrogen-bond acceptors (Lipinski definition) is 4. The average Bonchev–Trinajstić information content (AvgIpc) is 2.47. The molecule has 5 heteroatoms. The van der Waals surface area contributed by atoms with E-state index in [1.54, 1.807) is 18.4 Å². The molecule has 4 nitrogen and oxygen atoms in total. The van der Waals surface area contributed by atoms with Crippen LogP contribution in [0.2, 0.25) is 0 Å². The number of carbonyl (C=O) groups is 1. The van der Waals surface area contributed by atoms with E-state index in [0.717, 1.165) is 5.56 Å². The number of nitriles is 2. The molecule has 0 saturated heterocycles. The number of hydrogen-bond donors (Lipinski definition) is 1. The summed E-state index contributed by atoms with van der Waals surface area (Å²) in [6.45, 7) is 1.80. The molecule has 14 heavy (non-hydrogen) atoms. The van der Waals surface area contributed by atoms with Gasteiger partial charge in [-0.25, -0.2) is 0 Å². The number of amides is 1. The van der Waals surface area contributed by atoms with Gasteiger partial charge >= 0.3 is 0 Å². The minimum atomic E-state index is -0.383. The molecule has 1 aromatic rings. The second kappa shape index (κ2) is 4.40. The maximum absolute atomic E-state index is 11.1. The maximum Gasteiger partial charge on any atom is 0.239 e. The van der Waals surface area contributed by atoms with E-state index in [1.165, 1.54) is 11.3 Å². The van der Waals surface area contributed by atoms with Crippen molar-refractivity contribution in [2.45, 2.75) is 13.3 Å². The standard InChI is InChI=1S/C9H7N3OS/c1-6-5-14-9(7(6)4-11)12-8(13)2-3-10/h5H,2H2,1H3,(H,12,13). The van der Waals surface area contributed by atoms with Crippen molar-refractivity contribution < 1.29 is 4.79 Å². The number of rotatable bonds is 2. The minimum Gasteiger partial charge on any atom is -0.316 e. The Morgan fingerprint density at radius 2 is 2.36 bits per heavy atom. The predicted octanol–water partition coefficient (Wildman–Crippen LogP) is 1.78. The topological polar surface area (TPSA) is 76.7 Å². The van der Waals surface area contributed by atoms with Crippen LogP contribution in [0, 0.1) is 29.6 Å². The van der Waals surface area contributed by atoms with Crippen LogP contribution in [0.4, 0.5) is 5.00 Å². The van der Waals surface area contributed by atoms with E-state index in [2.05, 4.69) is 5.32 Å². The molecule has 0 fully saturated rings. The predicted molar refractivity (Wildman–Crippen MR) is 52.6 cm³/mol. The van der Waals surface area contributed by atoms with Gasteiger partial charge in [-0.05, 0) is 17.9 Å². The smallest absolute Gasteiger partial charge is 0.239 e. The molecule has 0 unspecified atom stereocenters. The molecular formula is C9H7N3OS. The first kappa shape index (κ1) is 10.2. The number of nitrogens with one attached hydrogen (secondary N) is 1. The third kappa shape index (κ3) is 2.09. The third-order valence-electron chi connectivity index (χ3n) is 1.58.